The standard InChI is InChI=1S/C11H25NO2S/c1-5-12-11(4)9-10(3)7-8-15(13,14)6-2/h10-12H,5-9H2,1-4H3. The zero-order valence-electron chi connectivity index (χ0n) is 10.4. The van der Waals surface area contributed by atoms with Gasteiger partial charge in [-0.15, -0.1) is 0 Å². The van der Waals surface area contributed by atoms with Gasteiger partial charge in [-0.25, -0.2) is 8.42 Å². The molecule has 92 valence electrons. The van der Waals surface area contributed by atoms with Crippen LogP contribution in [0.1, 0.15) is 40.5 Å². The van der Waals surface area contributed by atoms with Crippen molar-refractivity contribution in [3.05, 3.63) is 0 Å². The van der Waals surface area contributed by atoms with Gasteiger partial charge in [-0.3, -0.25) is 0 Å². The van der Waals surface area contributed by atoms with Crippen LogP contribution >= 0.6 is 0 Å². The first-order valence-corrected chi connectivity index (χ1v) is 7.67. The van der Waals surface area contributed by atoms with Crippen LogP contribution in [0.15, 0.2) is 0 Å². The molecule has 15 heavy (non-hydrogen) atoms. The first-order valence-electron chi connectivity index (χ1n) is 5.85. The van der Waals surface area contributed by atoms with Crippen molar-refractivity contribution in [1.29, 1.82) is 0 Å². The highest BCUT2D eigenvalue weighted by Gasteiger charge is 2.12. The maximum atomic E-state index is 11.3. The highest BCUT2D eigenvalue weighted by molar-refractivity contribution is 7.91. The average Bonchev–Trinajstić information content (AvgIpc) is 2.15. The molecule has 0 spiro atoms. The second kappa shape index (κ2) is 7.23. The van der Waals surface area contributed by atoms with Gasteiger partial charge in [0.1, 0.15) is 9.84 Å². The molecule has 0 aliphatic rings. The van der Waals surface area contributed by atoms with E-state index in [0.29, 0.717) is 17.7 Å². The molecule has 3 nitrogen and oxygen atoms in total. The van der Waals surface area contributed by atoms with Crippen LogP contribution in [0.2, 0.25) is 0 Å². The summed E-state index contributed by atoms with van der Waals surface area (Å²) in [6.07, 6.45) is 1.83. The minimum atomic E-state index is -2.78. The van der Waals surface area contributed by atoms with Gasteiger partial charge >= 0.3 is 0 Å². The van der Waals surface area contributed by atoms with E-state index in [0.717, 1.165) is 19.4 Å². The molecule has 0 aliphatic carbocycles. The minimum Gasteiger partial charge on any atom is -0.315 e. The van der Waals surface area contributed by atoms with E-state index in [1.54, 1.807) is 6.92 Å². The van der Waals surface area contributed by atoms with Crippen LogP contribution < -0.4 is 5.32 Å². The largest absolute Gasteiger partial charge is 0.315 e. The summed E-state index contributed by atoms with van der Waals surface area (Å²) in [5, 5.41) is 3.34. The lowest BCUT2D eigenvalue weighted by atomic mass is 10.0. The Bertz CT molecular complexity index is 249. The first kappa shape index (κ1) is 14.9. The number of hydrogen-bond donors (Lipinski definition) is 1. The minimum absolute atomic E-state index is 0.266. The summed E-state index contributed by atoms with van der Waals surface area (Å²) < 4.78 is 22.6. The SMILES string of the molecule is CCNC(C)CC(C)CCS(=O)(=O)CC. The lowest BCUT2D eigenvalue weighted by Crippen LogP contribution is -2.28. The predicted molar refractivity (Wildman–Crippen MR) is 65.9 cm³/mol. The molecule has 0 amide bonds. The maximum absolute atomic E-state index is 11.3. The Morgan fingerprint density at radius 3 is 2.27 bits per heavy atom. The number of rotatable bonds is 8. The molecular formula is C11H25NO2S. The fourth-order valence-corrected chi connectivity index (χ4v) is 2.73. The van der Waals surface area contributed by atoms with Crippen LogP contribution in [0, 0.1) is 5.92 Å². The van der Waals surface area contributed by atoms with Crippen molar-refractivity contribution >= 4 is 9.84 Å². The van der Waals surface area contributed by atoms with Gasteiger partial charge in [0.25, 0.3) is 0 Å². The molecule has 0 aromatic rings. The molecule has 1 N–H and O–H groups in total. The number of hydrogen-bond acceptors (Lipinski definition) is 3. The highest BCUT2D eigenvalue weighted by Crippen LogP contribution is 2.12. The second-order valence-electron chi connectivity index (χ2n) is 4.32. The predicted octanol–water partition coefficient (Wildman–Crippen LogP) is 1.84. The van der Waals surface area contributed by atoms with Crippen molar-refractivity contribution < 1.29 is 8.42 Å². The molecule has 0 rings (SSSR count). The van der Waals surface area contributed by atoms with Crippen LogP contribution in [-0.2, 0) is 9.84 Å². The van der Waals surface area contributed by atoms with Gasteiger partial charge in [-0.2, -0.15) is 0 Å². The molecule has 4 heteroatoms. The molecule has 0 bridgehead atoms. The fraction of sp³-hybridized carbons (Fsp3) is 1.00. The average molecular weight is 235 g/mol. The Kier molecular flexibility index (Phi) is 7.18. The van der Waals surface area contributed by atoms with Crippen molar-refractivity contribution in [3.63, 3.8) is 0 Å². The Balaban J connectivity index is 3.80. The van der Waals surface area contributed by atoms with Gasteiger partial charge in [0.05, 0.1) is 5.75 Å². The van der Waals surface area contributed by atoms with Crippen LogP contribution in [0.3, 0.4) is 0 Å². The van der Waals surface area contributed by atoms with Crippen LogP contribution in [0.4, 0.5) is 0 Å². The molecule has 2 atom stereocenters. The number of nitrogens with one attached hydrogen (secondary N) is 1. The molecule has 0 aromatic heterocycles. The van der Waals surface area contributed by atoms with E-state index in [-0.39, 0.29) is 5.75 Å². The second-order valence-corrected chi connectivity index (χ2v) is 6.80. The normalized spacial score (nSPS) is 16.3. The number of sulfone groups is 1. The Morgan fingerprint density at radius 2 is 1.80 bits per heavy atom. The van der Waals surface area contributed by atoms with Crippen molar-refractivity contribution in [2.45, 2.75) is 46.6 Å². The van der Waals surface area contributed by atoms with E-state index in [4.69, 9.17) is 0 Å². The van der Waals surface area contributed by atoms with Crippen molar-refractivity contribution in [2.24, 2.45) is 5.92 Å². The van der Waals surface area contributed by atoms with E-state index in [2.05, 4.69) is 26.1 Å². The molecule has 0 heterocycles. The van der Waals surface area contributed by atoms with E-state index in [1.807, 2.05) is 0 Å². The van der Waals surface area contributed by atoms with Crippen molar-refractivity contribution in [2.75, 3.05) is 18.1 Å². The van der Waals surface area contributed by atoms with E-state index in [9.17, 15) is 8.42 Å². The highest BCUT2D eigenvalue weighted by atomic mass is 32.2. The van der Waals surface area contributed by atoms with Crippen LogP contribution in [0.5, 0.6) is 0 Å². The summed E-state index contributed by atoms with van der Waals surface area (Å²) in [4.78, 5) is 0. The van der Waals surface area contributed by atoms with E-state index >= 15 is 0 Å². The molecular weight excluding hydrogens is 210 g/mol. The van der Waals surface area contributed by atoms with E-state index in [1.165, 1.54) is 0 Å². The van der Waals surface area contributed by atoms with Crippen LogP contribution in [0.25, 0.3) is 0 Å². The zero-order valence-corrected chi connectivity index (χ0v) is 11.2. The summed E-state index contributed by atoms with van der Waals surface area (Å²) in [5.74, 6) is 1.08. The topological polar surface area (TPSA) is 46.2 Å². The maximum Gasteiger partial charge on any atom is 0.150 e. The summed E-state index contributed by atoms with van der Waals surface area (Å²) in [5.41, 5.74) is 0. The first-order chi connectivity index (χ1) is 6.91. The molecule has 0 saturated heterocycles. The van der Waals surface area contributed by atoms with Gasteiger partial charge in [0.15, 0.2) is 0 Å². The Morgan fingerprint density at radius 1 is 1.20 bits per heavy atom. The third kappa shape index (κ3) is 7.79. The monoisotopic (exact) mass is 235 g/mol. The molecule has 0 aliphatic heterocycles. The van der Waals surface area contributed by atoms with Gasteiger partial charge in [0.2, 0.25) is 0 Å². The van der Waals surface area contributed by atoms with Gasteiger partial charge in [-0.1, -0.05) is 20.8 Å². The summed E-state index contributed by atoms with van der Waals surface area (Å²) in [6.45, 7) is 9.04. The van der Waals surface area contributed by atoms with Gasteiger partial charge in [0, 0.05) is 11.8 Å². The molecule has 0 radical (unpaired) electrons. The Hall–Kier alpha value is -0.0900. The third-order valence-electron chi connectivity index (χ3n) is 2.67. The van der Waals surface area contributed by atoms with Gasteiger partial charge < -0.3 is 5.32 Å². The molecule has 0 fully saturated rings. The molecule has 0 saturated carbocycles. The molecule has 2 unspecified atom stereocenters. The van der Waals surface area contributed by atoms with Crippen LogP contribution in [-0.4, -0.2) is 32.5 Å². The third-order valence-corrected chi connectivity index (χ3v) is 4.41. The summed E-state index contributed by atoms with van der Waals surface area (Å²) in [7, 11) is -2.78. The summed E-state index contributed by atoms with van der Waals surface area (Å²) in [6, 6.07) is 0.481. The Labute approximate surface area is 94.6 Å². The quantitative estimate of drug-likeness (QED) is 0.698. The smallest absolute Gasteiger partial charge is 0.150 e. The van der Waals surface area contributed by atoms with Crippen molar-refractivity contribution in [1.82, 2.24) is 5.32 Å². The summed E-state index contributed by atoms with van der Waals surface area (Å²) >= 11 is 0. The fourth-order valence-electron chi connectivity index (χ4n) is 1.68. The molecule has 0 aromatic carbocycles. The van der Waals surface area contributed by atoms with E-state index < -0.39 is 9.84 Å². The lowest BCUT2D eigenvalue weighted by Gasteiger charge is -2.17. The zero-order chi connectivity index (χ0) is 11.9. The van der Waals surface area contributed by atoms with Gasteiger partial charge in [-0.05, 0) is 32.2 Å². The lowest BCUT2D eigenvalue weighted by molar-refractivity contribution is 0.419. The van der Waals surface area contributed by atoms with Crippen molar-refractivity contribution in [3.8, 4) is 0 Å².